The molecular weight excluding hydrogens is 244 g/mol. The zero-order valence-corrected chi connectivity index (χ0v) is 12.7. The van der Waals surface area contributed by atoms with Crippen LogP contribution in [0.25, 0.3) is 0 Å². The fourth-order valence-corrected chi connectivity index (χ4v) is 2.40. The summed E-state index contributed by atoms with van der Waals surface area (Å²) in [7, 11) is 2.14. The molecule has 0 aliphatic heterocycles. The van der Waals surface area contributed by atoms with E-state index < -0.39 is 0 Å². The molecule has 0 atom stereocenters. The van der Waals surface area contributed by atoms with Crippen LogP contribution in [-0.2, 0) is 19.5 Å². The van der Waals surface area contributed by atoms with Crippen LogP contribution in [0.4, 0.5) is 5.69 Å². The largest absolute Gasteiger partial charge is 0.370 e. The Hall–Kier alpha value is -1.80. The molecule has 20 heavy (non-hydrogen) atoms. The van der Waals surface area contributed by atoms with Crippen LogP contribution in [0.15, 0.2) is 42.5 Å². The van der Waals surface area contributed by atoms with E-state index in [1.807, 2.05) is 0 Å². The van der Waals surface area contributed by atoms with E-state index in [0.29, 0.717) is 6.54 Å². The molecular formula is C18H24N2. The normalized spacial score (nSPS) is 10.6. The predicted octanol–water partition coefficient (Wildman–Crippen LogP) is 3.65. The Balaban J connectivity index is 2.12. The minimum atomic E-state index is 0.607. The Morgan fingerprint density at radius 1 is 1.00 bits per heavy atom. The lowest BCUT2D eigenvalue weighted by Gasteiger charge is -2.21. The second kappa shape index (κ2) is 6.58. The van der Waals surface area contributed by atoms with Crippen molar-refractivity contribution < 1.29 is 0 Å². The molecule has 2 heteroatoms. The molecule has 0 amide bonds. The summed E-state index contributed by atoms with van der Waals surface area (Å²) >= 11 is 0. The third kappa shape index (κ3) is 3.40. The van der Waals surface area contributed by atoms with E-state index in [-0.39, 0.29) is 0 Å². The van der Waals surface area contributed by atoms with Crippen LogP contribution in [0.5, 0.6) is 0 Å². The number of hydrogen-bond acceptors (Lipinski definition) is 2. The van der Waals surface area contributed by atoms with Gasteiger partial charge in [-0.2, -0.15) is 0 Å². The summed E-state index contributed by atoms with van der Waals surface area (Å²) in [5.74, 6) is 0. The molecule has 2 nitrogen and oxygen atoms in total. The molecule has 2 rings (SSSR count). The van der Waals surface area contributed by atoms with Gasteiger partial charge in [-0.25, -0.2) is 0 Å². The Morgan fingerprint density at radius 2 is 1.65 bits per heavy atom. The smallest absolute Gasteiger partial charge is 0.0428 e. The highest BCUT2D eigenvalue weighted by Gasteiger charge is 2.05. The second-order valence-electron chi connectivity index (χ2n) is 5.34. The lowest BCUT2D eigenvalue weighted by atomic mass is 10.0. The quantitative estimate of drug-likeness (QED) is 0.897. The summed E-state index contributed by atoms with van der Waals surface area (Å²) in [6.45, 7) is 5.86. The van der Waals surface area contributed by atoms with Crippen LogP contribution in [-0.4, -0.2) is 7.05 Å². The van der Waals surface area contributed by atoms with Crippen LogP contribution in [0.2, 0.25) is 0 Å². The number of nitrogens with zero attached hydrogens (tertiary/aromatic N) is 1. The Labute approximate surface area is 122 Å². The standard InChI is InChI=1S/C18H24N2/c1-4-15-6-9-18(10-7-15)20(3)13-17-8-5-16(12-19)11-14(17)2/h5-11H,4,12-13,19H2,1-3H3. The summed E-state index contributed by atoms with van der Waals surface area (Å²) in [5, 5.41) is 0. The maximum Gasteiger partial charge on any atom is 0.0428 e. The van der Waals surface area contributed by atoms with Gasteiger partial charge in [0.05, 0.1) is 0 Å². The molecule has 2 N–H and O–H groups in total. The van der Waals surface area contributed by atoms with Crippen LogP contribution in [0.3, 0.4) is 0 Å². The van der Waals surface area contributed by atoms with Crippen molar-refractivity contribution in [1.82, 2.24) is 0 Å². The van der Waals surface area contributed by atoms with Gasteiger partial charge >= 0.3 is 0 Å². The molecule has 0 saturated carbocycles. The molecule has 0 bridgehead atoms. The third-order valence-corrected chi connectivity index (χ3v) is 3.84. The van der Waals surface area contributed by atoms with Gasteiger partial charge in [0.1, 0.15) is 0 Å². The molecule has 0 aliphatic rings. The minimum absolute atomic E-state index is 0.607. The number of anilines is 1. The lowest BCUT2D eigenvalue weighted by molar-refractivity contribution is 0.909. The van der Waals surface area contributed by atoms with Crippen molar-refractivity contribution in [3.8, 4) is 0 Å². The molecule has 0 radical (unpaired) electrons. The molecule has 0 spiro atoms. The average Bonchev–Trinajstić information content (AvgIpc) is 2.49. The van der Waals surface area contributed by atoms with Crippen molar-refractivity contribution in [3.63, 3.8) is 0 Å². The monoisotopic (exact) mass is 268 g/mol. The van der Waals surface area contributed by atoms with Crippen LogP contribution in [0, 0.1) is 6.92 Å². The first-order valence-electron chi connectivity index (χ1n) is 7.22. The van der Waals surface area contributed by atoms with Gasteiger partial charge < -0.3 is 10.6 Å². The van der Waals surface area contributed by atoms with Crippen molar-refractivity contribution in [1.29, 1.82) is 0 Å². The van der Waals surface area contributed by atoms with E-state index in [1.54, 1.807) is 0 Å². The first kappa shape index (κ1) is 14.6. The molecule has 2 aromatic rings. The zero-order valence-electron chi connectivity index (χ0n) is 12.7. The fourth-order valence-electron chi connectivity index (χ4n) is 2.40. The zero-order chi connectivity index (χ0) is 14.5. The van der Waals surface area contributed by atoms with Crippen molar-refractivity contribution in [2.75, 3.05) is 11.9 Å². The van der Waals surface area contributed by atoms with Crippen molar-refractivity contribution in [2.24, 2.45) is 5.73 Å². The van der Waals surface area contributed by atoms with Gasteiger partial charge in [0.15, 0.2) is 0 Å². The summed E-state index contributed by atoms with van der Waals surface area (Å²) < 4.78 is 0. The van der Waals surface area contributed by atoms with Crippen LogP contribution < -0.4 is 10.6 Å². The molecule has 0 fully saturated rings. The topological polar surface area (TPSA) is 29.3 Å². The van der Waals surface area contributed by atoms with Gasteiger partial charge in [0.25, 0.3) is 0 Å². The first-order valence-corrected chi connectivity index (χ1v) is 7.22. The average molecular weight is 268 g/mol. The van der Waals surface area contributed by atoms with E-state index in [2.05, 4.69) is 68.3 Å². The number of hydrogen-bond donors (Lipinski definition) is 1. The maximum absolute atomic E-state index is 5.68. The number of rotatable bonds is 5. The number of benzene rings is 2. The van der Waals surface area contributed by atoms with Crippen molar-refractivity contribution in [2.45, 2.75) is 33.4 Å². The van der Waals surface area contributed by atoms with E-state index >= 15 is 0 Å². The highest BCUT2D eigenvalue weighted by molar-refractivity contribution is 5.48. The SMILES string of the molecule is CCc1ccc(N(C)Cc2ccc(CN)cc2C)cc1. The Bertz CT molecular complexity index is 558. The number of nitrogens with two attached hydrogens (primary N) is 1. The first-order chi connectivity index (χ1) is 9.63. The summed E-state index contributed by atoms with van der Waals surface area (Å²) in [5.41, 5.74) is 12.2. The highest BCUT2D eigenvalue weighted by atomic mass is 15.1. The number of aryl methyl sites for hydroxylation is 2. The highest BCUT2D eigenvalue weighted by Crippen LogP contribution is 2.19. The van der Waals surface area contributed by atoms with Gasteiger partial charge in [-0.3, -0.25) is 0 Å². The Morgan fingerprint density at radius 3 is 2.20 bits per heavy atom. The fraction of sp³-hybridized carbons (Fsp3) is 0.333. The molecule has 0 unspecified atom stereocenters. The summed E-state index contributed by atoms with van der Waals surface area (Å²) in [6.07, 6.45) is 1.09. The van der Waals surface area contributed by atoms with E-state index in [4.69, 9.17) is 5.73 Å². The summed E-state index contributed by atoms with van der Waals surface area (Å²) in [6, 6.07) is 15.3. The van der Waals surface area contributed by atoms with E-state index in [9.17, 15) is 0 Å². The maximum atomic E-state index is 5.68. The second-order valence-corrected chi connectivity index (χ2v) is 5.34. The van der Waals surface area contributed by atoms with Crippen LogP contribution >= 0.6 is 0 Å². The third-order valence-electron chi connectivity index (χ3n) is 3.84. The van der Waals surface area contributed by atoms with E-state index in [1.165, 1.54) is 27.9 Å². The molecule has 0 heterocycles. The van der Waals surface area contributed by atoms with Gasteiger partial charge in [-0.15, -0.1) is 0 Å². The van der Waals surface area contributed by atoms with Crippen molar-refractivity contribution in [3.05, 3.63) is 64.7 Å². The molecule has 0 saturated heterocycles. The van der Waals surface area contributed by atoms with Gasteiger partial charge in [-0.1, -0.05) is 37.3 Å². The van der Waals surface area contributed by atoms with Gasteiger partial charge in [0, 0.05) is 25.8 Å². The van der Waals surface area contributed by atoms with E-state index in [0.717, 1.165) is 13.0 Å². The molecule has 106 valence electrons. The molecule has 0 aliphatic carbocycles. The van der Waals surface area contributed by atoms with Crippen molar-refractivity contribution >= 4 is 5.69 Å². The van der Waals surface area contributed by atoms with Gasteiger partial charge in [-0.05, 0) is 47.7 Å². The minimum Gasteiger partial charge on any atom is -0.370 e. The summed E-state index contributed by atoms with van der Waals surface area (Å²) in [4.78, 5) is 2.28. The molecule has 2 aromatic carbocycles. The Kier molecular flexibility index (Phi) is 4.80. The lowest BCUT2D eigenvalue weighted by Crippen LogP contribution is -2.17. The molecule has 0 aromatic heterocycles. The van der Waals surface area contributed by atoms with Gasteiger partial charge in [0.2, 0.25) is 0 Å². The van der Waals surface area contributed by atoms with Crippen LogP contribution in [0.1, 0.15) is 29.2 Å². The predicted molar refractivity (Wildman–Crippen MR) is 87.0 cm³/mol.